The van der Waals surface area contributed by atoms with Crippen LogP contribution < -0.4 is 0 Å². The maximum Gasteiger partial charge on any atom is 0.0967 e. The summed E-state index contributed by atoms with van der Waals surface area (Å²) in [6.45, 7) is 0. The van der Waals surface area contributed by atoms with Gasteiger partial charge in [-0.3, -0.25) is 4.98 Å². The first-order valence-corrected chi connectivity index (χ1v) is 15.6. The van der Waals surface area contributed by atoms with Crippen LogP contribution in [0.25, 0.3) is 88.2 Å². The van der Waals surface area contributed by atoms with Crippen molar-refractivity contribution < 1.29 is 0 Å². The smallest absolute Gasteiger partial charge is 0.0967 e. The topological polar surface area (TPSA) is 35.1 Å². The van der Waals surface area contributed by atoms with Crippen LogP contribution in [0.5, 0.6) is 0 Å². The van der Waals surface area contributed by atoms with E-state index in [1.54, 1.807) is 0 Å². The minimum atomic E-state index is 0.856. The highest BCUT2D eigenvalue weighted by atomic mass is 15.0. The Morgan fingerprint density at radius 2 is 1.20 bits per heavy atom. The fourth-order valence-electron chi connectivity index (χ4n) is 7.31. The molecule has 0 fully saturated rings. The second-order valence-electron chi connectivity index (χ2n) is 11.9. The van der Waals surface area contributed by atoms with E-state index in [9.17, 15) is 0 Å². The van der Waals surface area contributed by atoms with Gasteiger partial charge < -0.3 is 8.97 Å². The van der Waals surface area contributed by atoms with Crippen LogP contribution in [-0.4, -0.2) is 18.9 Å². The van der Waals surface area contributed by atoms with E-state index in [0.29, 0.717) is 0 Å². The Morgan fingerprint density at radius 3 is 2.02 bits per heavy atom. The van der Waals surface area contributed by atoms with Crippen LogP contribution in [-0.2, 0) is 0 Å². The lowest BCUT2D eigenvalue weighted by atomic mass is 10.0. The standard InChI is InChI=1S/C42H26N4/c1-3-12-27(13-4-1)33-25-34(28-14-5-2-6-15-28)44-35-24-30(26-43-41(33)35)45-37-19-9-10-20-38(37)46-36-18-8-7-17-31(36)32-23-22-29-16-11-21-39(45)40(29)42(32)46/h1-26H. The molecule has 0 saturated carbocycles. The molecule has 4 nitrogen and oxygen atoms in total. The van der Waals surface area contributed by atoms with E-state index in [1.165, 1.54) is 32.6 Å². The molecule has 0 unspecified atom stereocenters. The van der Waals surface area contributed by atoms with Gasteiger partial charge in [0.25, 0.3) is 0 Å². The Morgan fingerprint density at radius 1 is 0.500 bits per heavy atom. The van der Waals surface area contributed by atoms with Gasteiger partial charge in [0.15, 0.2) is 0 Å². The molecule has 0 saturated heterocycles. The van der Waals surface area contributed by atoms with Crippen molar-refractivity contribution in [2.75, 3.05) is 0 Å². The number of aromatic nitrogens is 4. The highest BCUT2D eigenvalue weighted by Gasteiger charge is 2.19. The molecular weight excluding hydrogens is 560 g/mol. The summed E-state index contributed by atoms with van der Waals surface area (Å²) in [5.74, 6) is 0. The maximum absolute atomic E-state index is 5.23. The quantitative estimate of drug-likeness (QED) is 0.206. The molecular formula is C42H26N4. The van der Waals surface area contributed by atoms with Crippen LogP contribution in [0.15, 0.2) is 158 Å². The first-order chi connectivity index (χ1) is 22.8. The Kier molecular flexibility index (Phi) is 5.25. The van der Waals surface area contributed by atoms with Crippen LogP contribution >= 0.6 is 0 Å². The van der Waals surface area contributed by atoms with Crippen molar-refractivity contribution in [3.05, 3.63) is 158 Å². The second kappa shape index (κ2) is 9.62. The molecule has 214 valence electrons. The first-order valence-electron chi connectivity index (χ1n) is 15.6. The predicted molar refractivity (Wildman–Crippen MR) is 191 cm³/mol. The second-order valence-corrected chi connectivity index (χ2v) is 11.9. The zero-order valence-corrected chi connectivity index (χ0v) is 24.8. The van der Waals surface area contributed by atoms with Crippen LogP contribution in [0.4, 0.5) is 0 Å². The summed E-state index contributed by atoms with van der Waals surface area (Å²) in [5, 5.41) is 4.95. The van der Waals surface area contributed by atoms with Crippen molar-refractivity contribution in [1.29, 1.82) is 0 Å². The summed E-state index contributed by atoms with van der Waals surface area (Å²) < 4.78 is 4.81. The molecule has 4 heterocycles. The molecule has 0 aliphatic carbocycles. The van der Waals surface area contributed by atoms with Gasteiger partial charge in [-0.1, -0.05) is 115 Å². The summed E-state index contributed by atoms with van der Waals surface area (Å²) in [6.07, 6.45) is 2.01. The molecule has 10 aromatic rings. The Balaban J connectivity index is 1.37. The van der Waals surface area contributed by atoms with Gasteiger partial charge in [-0.05, 0) is 47.3 Å². The van der Waals surface area contributed by atoms with Crippen molar-refractivity contribution in [2.24, 2.45) is 0 Å². The van der Waals surface area contributed by atoms with Crippen molar-refractivity contribution in [3.8, 4) is 28.1 Å². The first kappa shape index (κ1) is 25.1. The van der Waals surface area contributed by atoms with Gasteiger partial charge in [0.1, 0.15) is 0 Å². The molecule has 10 rings (SSSR count). The lowest BCUT2D eigenvalue weighted by Crippen LogP contribution is -2.00. The molecule has 0 amide bonds. The highest BCUT2D eigenvalue weighted by molar-refractivity contribution is 6.23. The van der Waals surface area contributed by atoms with Gasteiger partial charge in [-0.25, -0.2) is 4.98 Å². The normalized spacial score (nSPS) is 11.9. The molecule has 0 aliphatic heterocycles. The third-order valence-corrected chi connectivity index (χ3v) is 9.30. The monoisotopic (exact) mass is 586 g/mol. The third kappa shape index (κ3) is 3.55. The van der Waals surface area contributed by atoms with Crippen molar-refractivity contribution in [3.63, 3.8) is 0 Å². The maximum atomic E-state index is 5.23. The van der Waals surface area contributed by atoms with E-state index < -0.39 is 0 Å². The van der Waals surface area contributed by atoms with Crippen LogP contribution in [0.3, 0.4) is 0 Å². The van der Waals surface area contributed by atoms with E-state index in [4.69, 9.17) is 9.97 Å². The summed E-state index contributed by atoms with van der Waals surface area (Å²) in [7, 11) is 0. The van der Waals surface area contributed by atoms with E-state index >= 15 is 0 Å². The number of nitrogens with zero attached hydrogens (tertiary/aromatic N) is 4. The third-order valence-electron chi connectivity index (χ3n) is 9.30. The number of para-hydroxylation sites is 3. The minimum absolute atomic E-state index is 0.856. The summed E-state index contributed by atoms with van der Waals surface area (Å²) in [6, 6.07) is 53.8. The van der Waals surface area contributed by atoms with E-state index in [-0.39, 0.29) is 0 Å². The van der Waals surface area contributed by atoms with Gasteiger partial charge in [0, 0.05) is 27.3 Å². The molecule has 0 bridgehead atoms. The van der Waals surface area contributed by atoms with Crippen LogP contribution in [0, 0.1) is 0 Å². The fourth-order valence-corrected chi connectivity index (χ4v) is 7.31. The van der Waals surface area contributed by atoms with E-state index in [2.05, 4.69) is 148 Å². The van der Waals surface area contributed by atoms with Gasteiger partial charge >= 0.3 is 0 Å². The Labute approximate surface area is 264 Å². The number of hydrogen-bond acceptors (Lipinski definition) is 2. The number of benzene rings is 6. The molecule has 0 atom stereocenters. The molecule has 0 N–H and O–H groups in total. The summed E-state index contributed by atoms with van der Waals surface area (Å²) in [5.41, 5.74) is 12.7. The molecule has 0 aliphatic rings. The van der Waals surface area contributed by atoms with Crippen molar-refractivity contribution in [2.45, 2.75) is 0 Å². The summed E-state index contributed by atoms with van der Waals surface area (Å²) >= 11 is 0. The van der Waals surface area contributed by atoms with Crippen LogP contribution in [0.2, 0.25) is 0 Å². The summed E-state index contributed by atoms with van der Waals surface area (Å²) in [4.78, 5) is 10.4. The zero-order chi connectivity index (χ0) is 30.2. The van der Waals surface area contributed by atoms with Gasteiger partial charge in [-0.2, -0.15) is 0 Å². The number of rotatable bonds is 3. The molecule has 4 heteroatoms. The van der Waals surface area contributed by atoms with Crippen LogP contribution in [0.1, 0.15) is 0 Å². The predicted octanol–water partition coefficient (Wildman–Crippen LogP) is 10.6. The SMILES string of the molecule is c1ccc(-c2cc(-c3ccccc3)c3ncc(-n4c5cccc6ccc7c8ccccc8n(c8ccccc84)c7c65)cc3n2)cc1. The minimum Gasteiger partial charge on any atom is -0.306 e. The van der Waals surface area contributed by atoms with Gasteiger partial charge in [0.2, 0.25) is 0 Å². The average Bonchev–Trinajstić information content (AvgIpc) is 3.40. The molecule has 0 spiro atoms. The van der Waals surface area contributed by atoms with Crippen molar-refractivity contribution >= 4 is 60.2 Å². The molecule has 46 heavy (non-hydrogen) atoms. The fraction of sp³-hybridized carbons (Fsp3) is 0. The number of fused-ring (bicyclic) bond motifs is 6. The number of hydrogen-bond donors (Lipinski definition) is 0. The van der Waals surface area contributed by atoms with Crippen molar-refractivity contribution in [1.82, 2.24) is 18.9 Å². The lowest BCUT2D eigenvalue weighted by Gasteiger charge is -2.15. The van der Waals surface area contributed by atoms with E-state index in [1.807, 2.05) is 18.3 Å². The Bertz CT molecular complexity index is 2780. The lowest BCUT2D eigenvalue weighted by molar-refractivity contribution is 1.14. The van der Waals surface area contributed by atoms with E-state index in [0.717, 1.165) is 55.7 Å². The molecule has 4 aromatic heterocycles. The molecule has 0 radical (unpaired) electrons. The van der Waals surface area contributed by atoms with Gasteiger partial charge in [-0.15, -0.1) is 0 Å². The number of pyridine rings is 2. The highest BCUT2D eigenvalue weighted by Crippen LogP contribution is 2.40. The van der Waals surface area contributed by atoms with Gasteiger partial charge in [0.05, 0.1) is 56.2 Å². The molecule has 6 aromatic carbocycles. The Hall–Kier alpha value is -6.26. The largest absolute Gasteiger partial charge is 0.306 e. The zero-order valence-electron chi connectivity index (χ0n) is 24.8. The average molecular weight is 587 g/mol.